The number of ether oxygens (including phenoxy) is 2. The molecule has 6 heteroatoms. The zero-order valence-corrected chi connectivity index (χ0v) is 12.1. The summed E-state index contributed by atoms with van der Waals surface area (Å²) in [6.07, 6.45) is 2.50. The molecule has 2 aliphatic rings. The van der Waals surface area contributed by atoms with Gasteiger partial charge in [0.1, 0.15) is 6.61 Å². The van der Waals surface area contributed by atoms with Crippen molar-refractivity contribution >= 4 is 5.91 Å². The number of hydrogen-bond donors (Lipinski definition) is 1. The standard InChI is InChI=1S/C15H21N3O3/c19-14-3-1-7-18(14)8-2-9-20-13-5-4-12-11-16-6-10-21-15(12)17-13/h4-5,16H,1-3,6-11H2. The maximum absolute atomic E-state index is 11.5. The molecule has 114 valence electrons. The minimum absolute atomic E-state index is 0.263. The van der Waals surface area contributed by atoms with Crippen LogP contribution in [-0.2, 0) is 11.3 Å². The van der Waals surface area contributed by atoms with Crippen LogP contribution >= 0.6 is 0 Å². The van der Waals surface area contributed by atoms with Crippen LogP contribution in [0, 0.1) is 0 Å². The largest absolute Gasteiger partial charge is 0.478 e. The maximum atomic E-state index is 11.5. The van der Waals surface area contributed by atoms with E-state index in [1.165, 1.54) is 0 Å². The van der Waals surface area contributed by atoms with E-state index in [0.717, 1.165) is 44.6 Å². The van der Waals surface area contributed by atoms with Crippen molar-refractivity contribution in [1.29, 1.82) is 0 Å². The second-order valence-electron chi connectivity index (χ2n) is 5.33. The van der Waals surface area contributed by atoms with Gasteiger partial charge in [-0.3, -0.25) is 4.79 Å². The van der Waals surface area contributed by atoms with Crippen molar-refractivity contribution in [2.45, 2.75) is 25.8 Å². The summed E-state index contributed by atoms with van der Waals surface area (Å²) < 4.78 is 11.2. The molecule has 1 amide bonds. The van der Waals surface area contributed by atoms with Crippen molar-refractivity contribution < 1.29 is 14.3 Å². The van der Waals surface area contributed by atoms with Crippen LogP contribution in [0.1, 0.15) is 24.8 Å². The van der Waals surface area contributed by atoms with Crippen molar-refractivity contribution in [1.82, 2.24) is 15.2 Å². The number of carbonyl (C=O) groups is 1. The quantitative estimate of drug-likeness (QED) is 0.819. The number of nitrogens with one attached hydrogen (secondary N) is 1. The fourth-order valence-corrected chi connectivity index (χ4v) is 2.61. The van der Waals surface area contributed by atoms with E-state index < -0.39 is 0 Å². The number of carbonyl (C=O) groups excluding carboxylic acids is 1. The summed E-state index contributed by atoms with van der Waals surface area (Å²) in [5.74, 6) is 1.51. The Labute approximate surface area is 124 Å². The predicted molar refractivity (Wildman–Crippen MR) is 77.4 cm³/mol. The summed E-state index contributed by atoms with van der Waals surface area (Å²) in [7, 11) is 0. The molecule has 2 aliphatic heterocycles. The van der Waals surface area contributed by atoms with Gasteiger partial charge in [0.15, 0.2) is 0 Å². The van der Waals surface area contributed by atoms with Gasteiger partial charge in [0.2, 0.25) is 17.7 Å². The number of likely N-dealkylation sites (tertiary alicyclic amines) is 1. The van der Waals surface area contributed by atoms with E-state index in [1.807, 2.05) is 17.0 Å². The zero-order valence-electron chi connectivity index (χ0n) is 12.1. The first-order valence-corrected chi connectivity index (χ1v) is 7.57. The van der Waals surface area contributed by atoms with Gasteiger partial charge in [-0.05, 0) is 18.9 Å². The molecule has 0 atom stereocenters. The second kappa shape index (κ2) is 6.76. The molecule has 0 unspecified atom stereocenters. The van der Waals surface area contributed by atoms with E-state index in [9.17, 15) is 4.79 Å². The highest BCUT2D eigenvalue weighted by Crippen LogP contribution is 2.21. The van der Waals surface area contributed by atoms with E-state index in [-0.39, 0.29) is 5.91 Å². The molecule has 0 spiro atoms. The Kier molecular flexibility index (Phi) is 4.55. The molecule has 0 saturated carbocycles. The van der Waals surface area contributed by atoms with E-state index in [4.69, 9.17) is 9.47 Å². The van der Waals surface area contributed by atoms with Gasteiger partial charge in [0.25, 0.3) is 0 Å². The number of aromatic nitrogens is 1. The molecule has 1 aromatic rings. The van der Waals surface area contributed by atoms with Gasteiger partial charge in [-0.2, -0.15) is 4.98 Å². The first kappa shape index (κ1) is 14.1. The monoisotopic (exact) mass is 291 g/mol. The fraction of sp³-hybridized carbons (Fsp3) is 0.600. The van der Waals surface area contributed by atoms with Crippen molar-refractivity contribution in [3.8, 4) is 11.8 Å². The second-order valence-corrected chi connectivity index (χ2v) is 5.33. The molecule has 3 rings (SSSR count). The van der Waals surface area contributed by atoms with Gasteiger partial charge in [-0.1, -0.05) is 0 Å². The minimum atomic E-state index is 0.263. The zero-order chi connectivity index (χ0) is 14.5. The van der Waals surface area contributed by atoms with Crippen LogP contribution in [0.5, 0.6) is 11.8 Å². The van der Waals surface area contributed by atoms with Gasteiger partial charge < -0.3 is 19.7 Å². The fourth-order valence-electron chi connectivity index (χ4n) is 2.61. The lowest BCUT2D eigenvalue weighted by Gasteiger charge is -2.15. The smallest absolute Gasteiger partial charge is 0.222 e. The number of amides is 1. The van der Waals surface area contributed by atoms with Crippen LogP contribution in [0.15, 0.2) is 12.1 Å². The summed E-state index contributed by atoms with van der Waals surface area (Å²) in [6.45, 7) is 4.45. The molecule has 1 saturated heterocycles. The lowest BCUT2D eigenvalue weighted by atomic mass is 10.2. The summed E-state index contributed by atoms with van der Waals surface area (Å²) in [5, 5.41) is 3.27. The van der Waals surface area contributed by atoms with Crippen molar-refractivity contribution in [3.63, 3.8) is 0 Å². The number of rotatable bonds is 5. The van der Waals surface area contributed by atoms with E-state index in [2.05, 4.69) is 10.3 Å². The Morgan fingerprint density at radius 3 is 3.24 bits per heavy atom. The van der Waals surface area contributed by atoms with Gasteiger partial charge in [-0.15, -0.1) is 0 Å². The summed E-state index contributed by atoms with van der Waals surface area (Å²) in [6, 6.07) is 3.86. The molecule has 0 aromatic carbocycles. The van der Waals surface area contributed by atoms with Crippen LogP contribution < -0.4 is 14.8 Å². The Morgan fingerprint density at radius 2 is 2.38 bits per heavy atom. The van der Waals surface area contributed by atoms with Crippen LogP contribution in [-0.4, -0.2) is 48.6 Å². The van der Waals surface area contributed by atoms with E-state index >= 15 is 0 Å². The SMILES string of the molecule is O=C1CCCN1CCCOc1ccc2c(n1)OCCNC2. The lowest BCUT2D eigenvalue weighted by Crippen LogP contribution is -2.26. The molecule has 0 radical (unpaired) electrons. The van der Waals surface area contributed by atoms with E-state index in [1.54, 1.807) is 0 Å². The molecule has 1 N–H and O–H groups in total. The molecule has 1 aromatic heterocycles. The number of pyridine rings is 1. The number of hydrogen-bond acceptors (Lipinski definition) is 5. The normalized spacial score (nSPS) is 18.1. The van der Waals surface area contributed by atoms with Gasteiger partial charge >= 0.3 is 0 Å². The lowest BCUT2D eigenvalue weighted by molar-refractivity contribution is -0.127. The third-order valence-electron chi connectivity index (χ3n) is 3.74. The van der Waals surface area contributed by atoms with Crippen molar-refractivity contribution in [2.24, 2.45) is 0 Å². The highest BCUT2D eigenvalue weighted by Gasteiger charge is 2.19. The predicted octanol–water partition coefficient (Wildman–Crippen LogP) is 0.955. The maximum Gasteiger partial charge on any atom is 0.222 e. The van der Waals surface area contributed by atoms with Gasteiger partial charge in [0, 0.05) is 44.2 Å². The molecule has 0 bridgehead atoms. The number of nitrogens with zero attached hydrogens (tertiary/aromatic N) is 2. The molecule has 3 heterocycles. The molecule has 6 nitrogen and oxygen atoms in total. The van der Waals surface area contributed by atoms with Gasteiger partial charge in [0.05, 0.1) is 6.61 Å². The third kappa shape index (κ3) is 3.64. The van der Waals surface area contributed by atoms with Crippen molar-refractivity contribution in [3.05, 3.63) is 17.7 Å². The van der Waals surface area contributed by atoms with Crippen LogP contribution in [0.25, 0.3) is 0 Å². The summed E-state index contributed by atoms with van der Waals surface area (Å²) in [4.78, 5) is 17.8. The first-order chi connectivity index (χ1) is 10.3. The van der Waals surface area contributed by atoms with Crippen LogP contribution in [0.4, 0.5) is 0 Å². The Morgan fingerprint density at radius 1 is 1.43 bits per heavy atom. The van der Waals surface area contributed by atoms with E-state index in [0.29, 0.717) is 31.4 Å². The average Bonchev–Trinajstić information content (AvgIpc) is 2.76. The molecule has 1 fully saturated rings. The number of fused-ring (bicyclic) bond motifs is 1. The Hall–Kier alpha value is -1.82. The Balaban J connectivity index is 1.47. The third-order valence-corrected chi connectivity index (χ3v) is 3.74. The molecule has 0 aliphatic carbocycles. The van der Waals surface area contributed by atoms with Gasteiger partial charge in [-0.25, -0.2) is 0 Å². The van der Waals surface area contributed by atoms with Crippen molar-refractivity contribution in [2.75, 3.05) is 32.8 Å². The highest BCUT2D eigenvalue weighted by molar-refractivity contribution is 5.77. The Bertz CT molecular complexity index is 507. The highest BCUT2D eigenvalue weighted by atomic mass is 16.5. The topological polar surface area (TPSA) is 63.7 Å². The van der Waals surface area contributed by atoms with Crippen LogP contribution in [0.3, 0.4) is 0 Å². The molecule has 21 heavy (non-hydrogen) atoms. The summed E-state index contributed by atoms with van der Waals surface area (Å²) in [5.41, 5.74) is 1.06. The first-order valence-electron chi connectivity index (χ1n) is 7.57. The summed E-state index contributed by atoms with van der Waals surface area (Å²) >= 11 is 0. The minimum Gasteiger partial charge on any atom is -0.478 e. The molecular weight excluding hydrogens is 270 g/mol. The average molecular weight is 291 g/mol. The molecular formula is C15H21N3O3. The van der Waals surface area contributed by atoms with Crippen LogP contribution in [0.2, 0.25) is 0 Å².